The molecule has 3 aromatic carbocycles. The molecule has 1 atom stereocenters. The number of nitriles is 1. The summed E-state index contributed by atoms with van der Waals surface area (Å²) >= 11 is 14.6. The highest BCUT2D eigenvalue weighted by molar-refractivity contribution is 7.17. The fourth-order valence-corrected chi connectivity index (χ4v) is 7.56. The molecule has 12 heteroatoms. The lowest BCUT2D eigenvalue weighted by Crippen LogP contribution is -2.46. The Kier molecular flexibility index (Phi) is 8.73. The molecule has 48 heavy (non-hydrogen) atoms. The molecule has 8 nitrogen and oxygen atoms in total. The summed E-state index contributed by atoms with van der Waals surface area (Å²) in [5.41, 5.74) is 4.47. The lowest BCUT2D eigenvalue weighted by atomic mass is 9.98. The standard InChI is InChI=1S/C36H33Cl2FN8S/c1-36(2,3)46-11-8-26(9-12-46)47-20-31(44-45-47)34(22-4-7-32-21(14-22)10-13-48-32)43-25-15-27-33(42-24-5-6-30(39)28(37)16-24)23(18-40)19-41-35(27)29(38)17-25/h4-7,10,13-17,19-20,26,34,43H,8-9,11-12H2,1-3H3,(H,41,42). The lowest BCUT2D eigenvalue weighted by molar-refractivity contribution is 0.0866. The van der Waals surface area contributed by atoms with Crippen molar-refractivity contribution in [2.75, 3.05) is 23.7 Å². The van der Waals surface area contributed by atoms with Crippen molar-refractivity contribution in [2.24, 2.45) is 0 Å². The molecule has 1 aliphatic heterocycles. The first-order valence-electron chi connectivity index (χ1n) is 15.7. The van der Waals surface area contributed by atoms with E-state index in [-0.39, 0.29) is 22.6 Å². The van der Waals surface area contributed by atoms with Crippen molar-refractivity contribution >= 4 is 72.6 Å². The molecule has 0 bridgehead atoms. The maximum atomic E-state index is 13.9. The summed E-state index contributed by atoms with van der Waals surface area (Å²) in [7, 11) is 0. The van der Waals surface area contributed by atoms with Gasteiger partial charge in [-0.1, -0.05) is 34.5 Å². The van der Waals surface area contributed by atoms with E-state index in [9.17, 15) is 9.65 Å². The Hall–Kier alpha value is -4.27. The van der Waals surface area contributed by atoms with Crippen molar-refractivity contribution < 1.29 is 4.39 Å². The van der Waals surface area contributed by atoms with Gasteiger partial charge in [0, 0.05) is 46.3 Å². The average molecular weight is 700 g/mol. The van der Waals surface area contributed by atoms with Crippen molar-refractivity contribution in [3.05, 3.63) is 105 Å². The average Bonchev–Trinajstić information content (AvgIpc) is 3.75. The summed E-state index contributed by atoms with van der Waals surface area (Å²) in [6.07, 6.45) is 5.53. The second kappa shape index (κ2) is 13.0. The highest BCUT2D eigenvalue weighted by Gasteiger charge is 2.29. The van der Waals surface area contributed by atoms with Gasteiger partial charge < -0.3 is 10.6 Å². The highest BCUT2D eigenvalue weighted by atomic mass is 35.5. The minimum absolute atomic E-state index is 0.0320. The molecule has 0 aliphatic carbocycles. The SMILES string of the molecule is CC(C)(C)N1CCC(n2cc(C(Nc3cc(Cl)c4ncc(C#N)c(Nc5ccc(F)c(Cl)c5)c4c3)c3ccc4sccc4c3)nn2)CC1. The normalized spacial score (nSPS) is 15.1. The van der Waals surface area contributed by atoms with Gasteiger partial charge in [0.25, 0.3) is 0 Å². The number of benzene rings is 3. The molecule has 1 unspecified atom stereocenters. The van der Waals surface area contributed by atoms with E-state index in [2.05, 4.69) is 88.4 Å². The largest absolute Gasteiger partial charge is 0.373 e. The van der Waals surface area contributed by atoms with Gasteiger partial charge in [-0.2, -0.15) is 5.26 Å². The van der Waals surface area contributed by atoms with Crippen LogP contribution in [0, 0.1) is 17.1 Å². The minimum Gasteiger partial charge on any atom is -0.373 e. The number of hydrogen-bond acceptors (Lipinski definition) is 8. The van der Waals surface area contributed by atoms with Gasteiger partial charge in [-0.05, 0) is 98.5 Å². The molecule has 0 amide bonds. The number of halogens is 3. The molecule has 244 valence electrons. The number of piperidine rings is 1. The van der Waals surface area contributed by atoms with Gasteiger partial charge in [0.1, 0.15) is 17.6 Å². The first kappa shape index (κ1) is 32.3. The van der Waals surface area contributed by atoms with Crippen LogP contribution in [0.25, 0.3) is 21.0 Å². The van der Waals surface area contributed by atoms with Crippen molar-refractivity contribution in [3.8, 4) is 6.07 Å². The number of nitrogens with one attached hydrogen (secondary N) is 2. The second-order valence-electron chi connectivity index (χ2n) is 13.1. The zero-order valence-corrected chi connectivity index (χ0v) is 29.0. The number of anilines is 3. The molecule has 0 radical (unpaired) electrons. The fourth-order valence-electron chi connectivity index (χ4n) is 6.34. The van der Waals surface area contributed by atoms with Gasteiger partial charge in [-0.15, -0.1) is 16.4 Å². The summed E-state index contributed by atoms with van der Waals surface area (Å²) in [6, 6.07) is 18.7. The molecule has 7 rings (SSSR count). The number of aromatic nitrogens is 4. The van der Waals surface area contributed by atoms with Gasteiger partial charge in [0.2, 0.25) is 0 Å². The van der Waals surface area contributed by atoms with Crippen LogP contribution in [0.1, 0.15) is 62.5 Å². The number of pyridine rings is 1. The molecule has 0 spiro atoms. The summed E-state index contributed by atoms with van der Waals surface area (Å²) in [4.78, 5) is 7.01. The van der Waals surface area contributed by atoms with E-state index in [0.717, 1.165) is 42.6 Å². The van der Waals surface area contributed by atoms with E-state index < -0.39 is 5.82 Å². The summed E-state index contributed by atoms with van der Waals surface area (Å²) < 4.78 is 17.1. The maximum Gasteiger partial charge on any atom is 0.141 e. The topological polar surface area (TPSA) is 94.7 Å². The zero-order chi connectivity index (χ0) is 33.6. The third-order valence-corrected chi connectivity index (χ3v) is 10.4. The Morgan fingerprint density at radius 1 is 1.02 bits per heavy atom. The number of rotatable bonds is 7. The molecular weight excluding hydrogens is 666 g/mol. The Morgan fingerprint density at radius 3 is 2.56 bits per heavy atom. The molecule has 0 saturated carbocycles. The quantitative estimate of drug-likeness (QED) is 0.171. The van der Waals surface area contributed by atoms with Crippen LogP contribution in [0.5, 0.6) is 0 Å². The Labute approximate surface area is 292 Å². The number of fused-ring (bicyclic) bond motifs is 2. The first-order valence-corrected chi connectivity index (χ1v) is 17.4. The van der Waals surface area contributed by atoms with E-state index in [4.69, 9.17) is 28.3 Å². The van der Waals surface area contributed by atoms with Crippen LogP contribution in [-0.4, -0.2) is 43.5 Å². The van der Waals surface area contributed by atoms with Crippen LogP contribution < -0.4 is 10.6 Å². The summed E-state index contributed by atoms with van der Waals surface area (Å²) in [6.45, 7) is 8.79. The maximum absolute atomic E-state index is 13.9. The molecule has 1 aliphatic rings. The van der Waals surface area contributed by atoms with Crippen LogP contribution in [0.4, 0.5) is 21.5 Å². The summed E-state index contributed by atoms with van der Waals surface area (Å²) in [5, 5.41) is 30.4. The van der Waals surface area contributed by atoms with Crippen molar-refractivity contribution in [2.45, 2.75) is 51.2 Å². The molecule has 6 aromatic rings. The molecule has 4 heterocycles. The van der Waals surface area contributed by atoms with E-state index in [1.54, 1.807) is 17.4 Å². The Morgan fingerprint density at radius 2 is 1.81 bits per heavy atom. The molecule has 3 aromatic heterocycles. The van der Waals surface area contributed by atoms with Crippen LogP contribution in [-0.2, 0) is 0 Å². The van der Waals surface area contributed by atoms with Crippen molar-refractivity contribution in [3.63, 3.8) is 0 Å². The molecule has 1 fully saturated rings. The number of hydrogen-bond donors (Lipinski definition) is 2. The smallest absolute Gasteiger partial charge is 0.141 e. The van der Waals surface area contributed by atoms with E-state index in [0.29, 0.717) is 38.6 Å². The third kappa shape index (κ3) is 6.43. The Balaban J connectivity index is 1.27. The molecular formula is C36H33Cl2FN8S. The van der Waals surface area contributed by atoms with Crippen LogP contribution in [0.15, 0.2) is 72.4 Å². The Bertz CT molecular complexity index is 2180. The lowest BCUT2D eigenvalue weighted by Gasteiger charge is -2.40. The van der Waals surface area contributed by atoms with Crippen LogP contribution >= 0.6 is 34.5 Å². The van der Waals surface area contributed by atoms with Crippen molar-refractivity contribution in [1.29, 1.82) is 5.26 Å². The van der Waals surface area contributed by atoms with Gasteiger partial charge in [-0.3, -0.25) is 9.88 Å². The van der Waals surface area contributed by atoms with E-state index in [1.807, 2.05) is 16.8 Å². The number of nitrogens with zero attached hydrogens (tertiary/aromatic N) is 6. The van der Waals surface area contributed by atoms with E-state index >= 15 is 0 Å². The predicted molar refractivity (Wildman–Crippen MR) is 193 cm³/mol. The first-order chi connectivity index (χ1) is 23.1. The minimum atomic E-state index is -0.532. The second-order valence-corrected chi connectivity index (χ2v) is 14.8. The highest BCUT2D eigenvalue weighted by Crippen LogP contribution is 2.38. The van der Waals surface area contributed by atoms with Gasteiger partial charge in [0.05, 0.1) is 45.1 Å². The monoisotopic (exact) mass is 698 g/mol. The zero-order valence-electron chi connectivity index (χ0n) is 26.6. The van der Waals surface area contributed by atoms with Crippen LogP contribution in [0.3, 0.4) is 0 Å². The van der Waals surface area contributed by atoms with Crippen LogP contribution in [0.2, 0.25) is 10.0 Å². The van der Waals surface area contributed by atoms with Crippen molar-refractivity contribution in [1.82, 2.24) is 24.9 Å². The summed E-state index contributed by atoms with van der Waals surface area (Å²) in [5.74, 6) is -0.532. The molecule has 2 N–H and O–H groups in total. The van der Waals surface area contributed by atoms with E-state index in [1.165, 1.54) is 23.0 Å². The third-order valence-electron chi connectivity index (χ3n) is 8.97. The van der Waals surface area contributed by atoms with Gasteiger partial charge >= 0.3 is 0 Å². The number of likely N-dealkylation sites (tertiary alicyclic amines) is 1. The number of thiophene rings is 1. The van der Waals surface area contributed by atoms with Gasteiger partial charge in [0.15, 0.2) is 0 Å². The molecule has 1 saturated heterocycles. The van der Waals surface area contributed by atoms with Gasteiger partial charge in [-0.25, -0.2) is 9.07 Å². The predicted octanol–water partition coefficient (Wildman–Crippen LogP) is 9.74. The fraction of sp³-hybridized carbons (Fsp3) is 0.278.